The first-order chi connectivity index (χ1) is 13.5. The van der Waals surface area contributed by atoms with Crippen molar-refractivity contribution in [3.05, 3.63) is 83.0 Å². The van der Waals surface area contributed by atoms with Crippen LogP contribution in [0.15, 0.2) is 82.7 Å². The first-order valence-corrected chi connectivity index (χ1v) is 9.25. The van der Waals surface area contributed by atoms with Gasteiger partial charge in [-0.15, -0.1) is 0 Å². The number of pyridine rings is 1. The minimum atomic E-state index is -0.947. The Morgan fingerprint density at radius 3 is 2.57 bits per heavy atom. The van der Waals surface area contributed by atoms with Gasteiger partial charge in [0.05, 0.1) is 5.69 Å². The predicted molar refractivity (Wildman–Crippen MR) is 107 cm³/mol. The SMILES string of the molecule is CC(Oc1cccnc1[N+](=O)[O-])C(=O)Nc1ccccc1Sc1ccccc1. The van der Waals surface area contributed by atoms with Crippen LogP contribution in [0, 0.1) is 10.1 Å². The van der Waals surface area contributed by atoms with E-state index in [0.717, 1.165) is 9.79 Å². The van der Waals surface area contributed by atoms with Crippen LogP contribution in [-0.2, 0) is 4.79 Å². The second kappa shape index (κ2) is 9.01. The first kappa shape index (κ1) is 19.4. The molecule has 1 heterocycles. The molecule has 1 aromatic heterocycles. The van der Waals surface area contributed by atoms with E-state index in [-0.39, 0.29) is 5.75 Å². The molecule has 0 bridgehead atoms. The van der Waals surface area contributed by atoms with E-state index in [1.807, 2.05) is 48.5 Å². The fourth-order valence-corrected chi connectivity index (χ4v) is 3.29. The van der Waals surface area contributed by atoms with Gasteiger partial charge in [-0.2, -0.15) is 0 Å². The number of nitrogens with zero attached hydrogens (tertiary/aromatic N) is 2. The molecule has 1 atom stereocenters. The van der Waals surface area contributed by atoms with Gasteiger partial charge in [-0.1, -0.05) is 42.1 Å². The number of nitro groups is 1. The maximum atomic E-state index is 12.6. The molecule has 0 fully saturated rings. The Kier molecular flexibility index (Phi) is 6.23. The summed E-state index contributed by atoms with van der Waals surface area (Å²) in [7, 11) is 0. The molecule has 2 aromatic carbocycles. The lowest BCUT2D eigenvalue weighted by Crippen LogP contribution is -2.30. The Morgan fingerprint density at radius 2 is 1.82 bits per heavy atom. The largest absolute Gasteiger partial charge is 0.473 e. The van der Waals surface area contributed by atoms with E-state index in [2.05, 4.69) is 10.3 Å². The quantitative estimate of drug-likeness (QED) is 0.466. The van der Waals surface area contributed by atoms with Crippen LogP contribution < -0.4 is 10.1 Å². The lowest BCUT2D eigenvalue weighted by atomic mass is 10.3. The summed E-state index contributed by atoms with van der Waals surface area (Å²) < 4.78 is 5.48. The molecule has 142 valence electrons. The molecular weight excluding hydrogens is 378 g/mol. The zero-order valence-corrected chi connectivity index (χ0v) is 15.8. The van der Waals surface area contributed by atoms with Gasteiger partial charge in [-0.25, -0.2) is 0 Å². The molecule has 1 amide bonds. The molecule has 0 aliphatic carbocycles. The molecule has 0 saturated heterocycles. The smallest absolute Gasteiger partial charge is 0.406 e. The highest BCUT2D eigenvalue weighted by atomic mass is 32.2. The molecule has 1 unspecified atom stereocenters. The van der Waals surface area contributed by atoms with E-state index in [1.165, 1.54) is 37.0 Å². The van der Waals surface area contributed by atoms with Gasteiger partial charge in [0.2, 0.25) is 5.75 Å². The van der Waals surface area contributed by atoms with E-state index in [0.29, 0.717) is 5.69 Å². The number of hydrogen-bond acceptors (Lipinski definition) is 6. The second-order valence-corrected chi connectivity index (χ2v) is 6.86. The second-order valence-electron chi connectivity index (χ2n) is 5.74. The lowest BCUT2D eigenvalue weighted by molar-refractivity contribution is -0.390. The summed E-state index contributed by atoms with van der Waals surface area (Å²) in [6.45, 7) is 1.53. The third-order valence-electron chi connectivity index (χ3n) is 3.71. The summed E-state index contributed by atoms with van der Waals surface area (Å²) >= 11 is 1.52. The molecule has 1 N–H and O–H groups in total. The monoisotopic (exact) mass is 395 g/mol. The van der Waals surface area contributed by atoms with Crippen molar-refractivity contribution in [2.24, 2.45) is 0 Å². The molecule has 3 aromatic rings. The van der Waals surface area contributed by atoms with Crippen molar-refractivity contribution in [2.75, 3.05) is 5.32 Å². The van der Waals surface area contributed by atoms with Gasteiger partial charge in [0.1, 0.15) is 6.20 Å². The summed E-state index contributed by atoms with van der Waals surface area (Å²) in [6.07, 6.45) is 0.352. The van der Waals surface area contributed by atoms with Gasteiger partial charge >= 0.3 is 5.82 Å². The van der Waals surface area contributed by atoms with Crippen molar-refractivity contribution < 1.29 is 14.5 Å². The van der Waals surface area contributed by atoms with Crippen LogP contribution in [0.3, 0.4) is 0 Å². The summed E-state index contributed by atoms with van der Waals surface area (Å²) in [5, 5.41) is 13.9. The van der Waals surface area contributed by atoms with Crippen LogP contribution in [0.2, 0.25) is 0 Å². The number of benzene rings is 2. The number of nitrogens with one attached hydrogen (secondary N) is 1. The van der Waals surface area contributed by atoms with E-state index in [4.69, 9.17) is 4.74 Å². The summed E-state index contributed by atoms with van der Waals surface area (Å²) in [5.41, 5.74) is 0.637. The number of ether oxygens (including phenoxy) is 1. The average molecular weight is 395 g/mol. The van der Waals surface area contributed by atoms with Gasteiger partial charge in [-0.3, -0.25) is 4.79 Å². The van der Waals surface area contributed by atoms with Gasteiger partial charge in [0.15, 0.2) is 6.10 Å². The molecule has 0 spiro atoms. The number of carbonyl (C=O) groups is 1. The van der Waals surface area contributed by atoms with Crippen LogP contribution in [0.5, 0.6) is 5.75 Å². The van der Waals surface area contributed by atoms with Gasteiger partial charge in [-0.05, 0) is 53.2 Å². The van der Waals surface area contributed by atoms with E-state index in [1.54, 1.807) is 6.07 Å². The standard InChI is InChI=1S/C20H17N3O4S/c1-14(27-17-11-7-13-21-19(17)23(25)26)20(24)22-16-10-5-6-12-18(16)28-15-8-3-2-4-9-15/h2-14H,1H3,(H,22,24). The molecule has 3 rings (SSSR count). The third kappa shape index (κ3) is 4.86. The number of aromatic nitrogens is 1. The van der Waals surface area contributed by atoms with Gasteiger partial charge in [0, 0.05) is 9.79 Å². The Balaban J connectivity index is 1.72. The van der Waals surface area contributed by atoms with Crippen LogP contribution >= 0.6 is 11.8 Å². The molecule has 8 heteroatoms. The van der Waals surface area contributed by atoms with Crippen LogP contribution in [-0.4, -0.2) is 21.9 Å². The van der Waals surface area contributed by atoms with Crippen molar-refractivity contribution in [3.63, 3.8) is 0 Å². The van der Waals surface area contributed by atoms with Crippen LogP contribution in [0.4, 0.5) is 11.5 Å². The van der Waals surface area contributed by atoms with Crippen molar-refractivity contribution in [3.8, 4) is 5.75 Å². The maximum Gasteiger partial charge on any atom is 0.406 e. The normalized spacial score (nSPS) is 11.5. The Bertz CT molecular complexity index is 982. The molecule has 0 saturated carbocycles. The zero-order chi connectivity index (χ0) is 19.9. The highest BCUT2D eigenvalue weighted by molar-refractivity contribution is 7.99. The number of para-hydroxylation sites is 1. The van der Waals surface area contributed by atoms with Crippen molar-refractivity contribution >= 4 is 29.2 Å². The lowest BCUT2D eigenvalue weighted by Gasteiger charge is -2.16. The summed E-state index contributed by atoms with van der Waals surface area (Å²) in [4.78, 5) is 28.6. The molecule has 7 nitrogen and oxygen atoms in total. The highest BCUT2D eigenvalue weighted by Crippen LogP contribution is 2.33. The Morgan fingerprint density at radius 1 is 1.11 bits per heavy atom. The van der Waals surface area contributed by atoms with Crippen LogP contribution in [0.25, 0.3) is 0 Å². The number of anilines is 1. The molecule has 0 aliphatic heterocycles. The number of amides is 1. The Labute approximate surface area is 165 Å². The predicted octanol–water partition coefficient (Wildman–Crippen LogP) is 4.55. The fourth-order valence-electron chi connectivity index (χ4n) is 2.36. The average Bonchev–Trinajstić information content (AvgIpc) is 2.70. The first-order valence-electron chi connectivity index (χ1n) is 8.43. The number of carbonyl (C=O) groups excluding carboxylic acids is 1. The van der Waals surface area contributed by atoms with E-state index < -0.39 is 22.8 Å². The van der Waals surface area contributed by atoms with E-state index >= 15 is 0 Å². The van der Waals surface area contributed by atoms with Crippen molar-refractivity contribution in [2.45, 2.75) is 22.8 Å². The summed E-state index contributed by atoms with van der Waals surface area (Å²) in [5.74, 6) is -0.899. The zero-order valence-electron chi connectivity index (χ0n) is 14.9. The highest BCUT2D eigenvalue weighted by Gasteiger charge is 2.22. The molecular formula is C20H17N3O4S. The minimum Gasteiger partial charge on any atom is -0.473 e. The van der Waals surface area contributed by atoms with E-state index in [9.17, 15) is 14.9 Å². The van der Waals surface area contributed by atoms with Crippen LogP contribution in [0.1, 0.15) is 6.92 Å². The topological polar surface area (TPSA) is 94.4 Å². The minimum absolute atomic E-state index is 0.0536. The third-order valence-corrected chi connectivity index (χ3v) is 4.80. The molecule has 28 heavy (non-hydrogen) atoms. The number of rotatable bonds is 7. The van der Waals surface area contributed by atoms with Gasteiger partial charge < -0.3 is 20.2 Å². The summed E-state index contributed by atoms with van der Waals surface area (Å²) in [6, 6.07) is 20.1. The van der Waals surface area contributed by atoms with Crippen molar-refractivity contribution in [1.82, 2.24) is 4.98 Å². The van der Waals surface area contributed by atoms with Gasteiger partial charge in [0.25, 0.3) is 5.91 Å². The van der Waals surface area contributed by atoms with Crippen molar-refractivity contribution in [1.29, 1.82) is 0 Å². The maximum absolute atomic E-state index is 12.6. The fraction of sp³-hybridized carbons (Fsp3) is 0.100. The Hall–Kier alpha value is -3.39. The molecule has 0 radical (unpaired) electrons. The molecule has 0 aliphatic rings. The number of hydrogen-bond donors (Lipinski definition) is 1.